The Balaban J connectivity index is 3.50. The maximum Gasteiger partial charge on any atom is 0.249 e. The number of aliphatic hydroxyl groups is 4. The van der Waals surface area contributed by atoms with Gasteiger partial charge in [-0.1, -0.05) is 237 Å². The lowest BCUT2D eigenvalue weighted by Gasteiger charge is -2.27. The molecule has 0 saturated carbocycles. The lowest BCUT2D eigenvalue weighted by Crippen LogP contribution is -2.53. The third-order valence-electron chi connectivity index (χ3n) is 12.1. The summed E-state index contributed by atoms with van der Waals surface area (Å²) in [5, 5.41) is 43.4. The van der Waals surface area contributed by atoms with Crippen LogP contribution in [0.15, 0.2) is 36.5 Å². The second-order valence-electron chi connectivity index (χ2n) is 17.9. The van der Waals surface area contributed by atoms with Crippen molar-refractivity contribution in [2.75, 3.05) is 6.61 Å². The van der Waals surface area contributed by atoms with Crippen LogP contribution < -0.4 is 5.32 Å². The van der Waals surface area contributed by atoms with Gasteiger partial charge in [-0.25, -0.2) is 0 Å². The van der Waals surface area contributed by atoms with Crippen LogP contribution in [-0.4, -0.2) is 57.3 Å². The number of carbonyl (C=O) groups is 1. The van der Waals surface area contributed by atoms with Crippen molar-refractivity contribution in [2.24, 2.45) is 0 Å². The predicted molar refractivity (Wildman–Crippen MR) is 256 cm³/mol. The highest BCUT2D eigenvalue weighted by Crippen LogP contribution is 2.17. The van der Waals surface area contributed by atoms with Crippen LogP contribution in [0.3, 0.4) is 0 Å². The SMILES string of the molecule is CCCC/C=C/CCCC(O)C(O)C(CO)NC(=O)C(O)CCCCCCCCCCCCCCCCCC/C=C\C/C=C\CCCCCCCCCCCCCCC. The number of allylic oxidation sites excluding steroid dienone is 6. The summed E-state index contributed by atoms with van der Waals surface area (Å²) in [6.07, 6.45) is 58.3. The number of unbranched alkanes of at least 4 members (excludes halogenated alkanes) is 32. The molecule has 59 heavy (non-hydrogen) atoms. The first kappa shape index (κ1) is 57.5. The predicted octanol–water partition coefficient (Wildman–Crippen LogP) is 14.5. The summed E-state index contributed by atoms with van der Waals surface area (Å²) in [5.41, 5.74) is 0. The molecule has 0 radical (unpaired) electrons. The summed E-state index contributed by atoms with van der Waals surface area (Å²) in [6.45, 7) is 3.96. The van der Waals surface area contributed by atoms with Gasteiger partial charge in [-0.2, -0.15) is 0 Å². The largest absolute Gasteiger partial charge is 0.394 e. The van der Waals surface area contributed by atoms with Gasteiger partial charge in [-0.3, -0.25) is 4.79 Å². The van der Waals surface area contributed by atoms with Gasteiger partial charge in [0.15, 0.2) is 0 Å². The smallest absolute Gasteiger partial charge is 0.249 e. The van der Waals surface area contributed by atoms with Gasteiger partial charge in [0.1, 0.15) is 12.2 Å². The fourth-order valence-corrected chi connectivity index (χ4v) is 7.95. The maximum absolute atomic E-state index is 12.5. The zero-order valence-electron chi connectivity index (χ0n) is 39.3. The minimum Gasteiger partial charge on any atom is -0.394 e. The average Bonchev–Trinajstić information content (AvgIpc) is 3.24. The van der Waals surface area contributed by atoms with E-state index in [2.05, 4.69) is 55.6 Å². The Bertz CT molecular complexity index is 935. The van der Waals surface area contributed by atoms with Gasteiger partial charge in [-0.15, -0.1) is 0 Å². The highest BCUT2D eigenvalue weighted by atomic mass is 16.3. The molecule has 0 aliphatic heterocycles. The van der Waals surface area contributed by atoms with E-state index in [0.29, 0.717) is 19.3 Å². The second-order valence-corrected chi connectivity index (χ2v) is 17.9. The molecule has 348 valence electrons. The molecule has 0 aromatic heterocycles. The van der Waals surface area contributed by atoms with E-state index >= 15 is 0 Å². The quantitative estimate of drug-likeness (QED) is 0.0310. The monoisotopic (exact) mass is 832 g/mol. The number of carbonyl (C=O) groups excluding carboxylic acids is 1. The summed E-state index contributed by atoms with van der Waals surface area (Å²) in [6, 6.07) is -0.999. The van der Waals surface area contributed by atoms with Gasteiger partial charge in [-0.05, 0) is 64.2 Å². The van der Waals surface area contributed by atoms with Crippen LogP contribution in [0.2, 0.25) is 0 Å². The van der Waals surface area contributed by atoms with Crippen molar-refractivity contribution in [3.63, 3.8) is 0 Å². The third-order valence-corrected chi connectivity index (χ3v) is 12.1. The Hall–Kier alpha value is -1.47. The van der Waals surface area contributed by atoms with Crippen LogP contribution in [0.25, 0.3) is 0 Å². The number of hydrogen-bond acceptors (Lipinski definition) is 5. The fourth-order valence-electron chi connectivity index (χ4n) is 7.95. The van der Waals surface area contributed by atoms with Crippen molar-refractivity contribution in [3.05, 3.63) is 36.5 Å². The van der Waals surface area contributed by atoms with Gasteiger partial charge in [0.25, 0.3) is 0 Å². The highest BCUT2D eigenvalue weighted by Gasteiger charge is 2.28. The molecule has 4 atom stereocenters. The number of hydrogen-bond donors (Lipinski definition) is 5. The fraction of sp³-hybridized carbons (Fsp3) is 0.868. The zero-order chi connectivity index (χ0) is 43.1. The van der Waals surface area contributed by atoms with E-state index in [1.165, 1.54) is 186 Å². The van der Waals surface area contributed by atoms with Crippen molar-refractivity contribution in [1.82, 2.24) is 5.32 Å². The van der Waals surface area contributed by atoms with E-state index in [-0.39, 0.29) is 0 Å². The molecule has 6 heteroatoms. The van der Waals surface area contributed by atoms with E-state index in [9.17, 15) is 25.2 Å². The van der Waals surface area contributed by atoms with E-state index in [0.717, 1.165) is 44.9 Å². The molecule has 0 saturated heterocycles. The van der Waals surface area contributed by atoms with E-state index in [4.69, 9.17) is 0 Å². The first-order valence-corrected chi connectivity index (χ1v) is 25.9. The Morgan fingerprint density at radius 1 is 0.424 bits per heavy atom. The Kier molecular flexibility index (Phi) is 46.4. The number of aliphatic hydroxyl groups excluding tert-OH is 4. The van der Waals surface area contributed by atoms with Crippen LogP contribution in [0.5, 0.6) is 0 Å². The Labute approximate surface area is 367 Å². The van der Waals surface area contributed by atoms with Crippen molar-refractivity contribution < 1.29 is 25.2 Å². The molecule has 1 amide bonds. The maximum atomic E-state index is 12.5. The standard InChI is InChI=1S/C53H101NO5/c1-3-5-7-9-11-12-13-14-15-16-17-18-19-20-21-22-23-24-25-26-27-28-29-30-31-32-33-34-35-36-37-38-39-41-43-45-47-51(57)53(59)54-49(48-55)52(58)50(56)46-44-42-40-10-8-6-4-2/h10,21-22,24-25,40,49-52,55-58H,3-9,11-20,23,26-39,41-48H2,1-2H3,(H,54,59)/b22-21-,25-24-,40-10+. The first-order chi connectivity index (χ1) is 29.0. The summed E-state index contributed by atoms with van der Waals surface area (Å²) < 4.78 is 0. The van der Waals surface area contributed by atoms with Crippen LogP contribution in [0, 0.1) is 0 Å². The number of rotatable bonds is 47. The zero-order valence-corrected chi connectivity index (χ0v) is 39.3. The Morgan fingerprint density at radius 2 is 0.763 bits per heavy atom. The van der Waals surface area contributed by atoms with Crippen molar-refractivity contribution in [1.29, 1.82) is 0 Å². The van der Waals surface area contributed by atoms with Crippen molar-refractivity contribution >= 4 is 5.91 Å². The molecule has 0 rings (SSSR count). The summed E-state index contributed by atoms with van der Waals surface area (Å²) in [4.78, 5) is 12.5. The van der Waals surface area contributed by atoms with Gasteiger partial charge >= 0.3 is 0 Å². The van der Waals surface area contributed by atoms with Gasteiger partial charge < -0.3 is 25.7 Å². The molecule has 0 aromatic carbocycles. The second kappa shape index (κ2) is 47.6. The van der Waals surface area contributed by atoms with E-state index in [1.807, 2.05) is 0 Å². The molecule has 0 bridgehead atoms. The van der Waals surface area contributed by atoms with Crippen LogP contribution >= 0.6 is 0 Å². The molecule has 0 spiro atoms. The first-order valence-electron chi connectivity index (χ1n) is 25.9. The minimum absolute atomic E-state index is 0.363. The van der Waals surface area contributed by atoms with Gasteiger partial charge in [0.2, 0.25) is 5.91 Å². The average molecular weight is 832 g/mol. The Morgan fingerprint density at radius 3 is 1.17 bits per heavy atom. The lowest BCUT2D eigenvalue weighted by molar-refractivity contribution is -0.132. The molecule has 0 aliphatic carbocycles. The summed E-state index contributed by atoms with van der Waals surface area (Å²) >= 11 is 0. The van der Waals surface area contributed by atoms with E-state index < -0.39 is 36.9 Å². The van der Waals surface area contributed by atoms with Crippen molar-refractivity contribution in [3.8, 4) is 0 Å². The van der Waals surface area contributed by atoms with Crippen LogP contribution in [0.4, 0.5) is 0 Å². The van der Waals surface area contributed by atoms with Gasteiger partial charge in [0, 0.05) is 0 Å². The lowest BCUT2D eigenvalue weighted by atomic mass is 10.00. The molecular formula is C53H101NO5. The van der Waals surface area contributed by atoms with Crippen LogP contribution in [-0.2, 0) is 4.79 Å². The molecule has 0 aromatic rings. The van der Waals surface area contributed by atoms with E-state index in [1.54, 1.807) is 0 Å². The summed E-state index contributed by atoms with van der Waals surface area (Å²) in [7, 11) is 0. The molecule has 6 nitrogen and oxygen atoms in total. The molecule has 5 N–H and O–H groups in total. The normalized spacial score (nSPS) is 14.2. The van der Waals surface area contributed by atoms with Crippen molar-refractivity contribution in [2.45, 2.75) is 289 Å². The molecule has 0 aliphatic rings. The molecule has 0 heterocycles. The summed E-state index contributed by atoms with van der Waals surface area (Å²) in [5.74, 6) is -0.596. The molecule has 0 fully saturated rings. The number of amides is 1. The van der Waals surface area contributed by atoms with Gasteiger partial charge in [0.05, 0.1) is 18.8 Å². The highest BCUT2D eigenvalue weighted by molar-refractivity contribution is 5.80. The van der Waals surface area contributed by atoms with Crippen LogP contribution in [0.1, 0.15) is 264 Å². The molecular weight excluding hydrogens is 731 g/mol. The minimum atomic E-state index is -1.28. The topological polar surface area (TPSA) is 110 Å². The number of nitrogens with one attached hydrogen (secondary N) is 1. The third kappa shape index (κ3) is 41.6. The molecule has 4 unspecified atom stereocenters.